The number of halogens is 7. The van der Waals surface area contributed by atoms with Gasteiger partial charge in [0.1, 0.15) is 24.3 Å². The van der Waals surface area contributed by atoms with E-state index in [-0.39, 0.29) is 53.2 Å². The van der Waals surface area contributed by atoms with Crippen LogP contribution in [0.4, 0.5) is 40.3 Å². The summed E-state index contributed by atoms with van der Waals surface area (Å²) in [6.45, 7) is -1.81. The molecule has 0 fully saturated rings. The number of ketones is 2. The van der Waals surface area contributed by atoms with E-state index in [9.17, 15) is 37.4 Å². The van der Waals surface area contributed by atoms with E-state index in [2.05, 4.69) is 31.5 Å². The topological polar surface area (TPSA) is 161 Å². The van der Waals surface area contributed by atoms with Gasteiger partial charge < -0.3 is 35.8 Å². The summed E-state index contributed by atoms with van der Waals surface area (Å²) in [5.41, 5.74) is 0.0769. The lowest BCUT2D eigenvalue weighted by atomic mass is 10.0. The van der Waals surface area contributed by atoms with Crippen LogP contribution in [0.3, 0.4) is 0 Å². The molecule has 10 nitrogen and oxygen atoms in total. The fourth-order valence-corrected chi connectivity index (χ4v) is 5.39. The number of benzene rings is 3. The average Bonchev–Trinajstić information content (AvgIpc) is 3.09. The van der Waals surface area contributed by atoms with Crippen LogP contribution in [-0.4, -0.2) is 75.6 Å². The molecule has 0 saturated carbocycles. The number of anilines is 4. The minimum absolute atomic E-state index is 0.0790. The lowest BCUT2D eigenvalue weighted by Crippen LogP contribution is -2.22. The number of hydrogen-bond acceptors (Lipinski definition) is 10. The first kappa shape index (κ1) is 41.6. The molecule has 0 aliphatic carbocycles. The summed E-state index contributed by atoms with van der Waals surface area (Å²) >= 11 is 6.73. The molecular weight excluding hydrogens is 960 g/mol. The molecule has 0 aliphatic heterocycles. The zero-order chi connectivity index (χ0) is 37.0. The van der Waals surface area contributed by atoms with E-state index in [0.29, 0.717) is 14.8 Å². The number of hydrogen-bond donors (Lipinski definition) is 6. The lowest BCUT2D eigenvalue weighted by molar-refractivity contribution is 0.00897. The summed E-state index contributed by atoms with van der Waals surface area (Å²) < 4.78 is 62.4. The Morgan fingerprint density at radius 3 is 1.98 bits per heavy atom. The fraction of sp³-hybridized carbons (Fsp3) is 0.242. The third-order valence-electron chi connectivity index (χ3n) is 6.64. The van der Waals surface area contributed by atoms with Crippen molar-refractivity contribution < 1.29 is 52.3 Å². The standard InChI is InChI=1S/C17H14BrF3INO4.C16H16FIN2O3/c18-11-4-10(14(26)7-27-6-9(25)5-24)17(16(21)15(11)20)23-13-2-1-8(22)3-12(13)19;17-13-7-10(18)1-3-14(13)20-15-8-19-6-5-12(15)16(23)4-2-11(22)9-21/h1-4,9,23-25H,5-7H2;1,3,5-8,11,20-22H,2,4,9H2/t;11-/m.0/s1. The number of aliphatic hydroxyl groups is 4. The zero-order valence-electron chi connectivity index (χ0n) is 25.8. The van der Waals surface area contributed by atoms with Crippen LogP contribution < -0.4 is 10.6 Å². The van der Waals surface area contributed by atoms with Gasteiger partial charge in [0.15, 0.2) is 23.2 Å². The van der Waals surface area contributed by atoms with Crippen molar-refractivity contribution >= 4 is 95.4 Å². The molecule has 50 heavy (non-hydrogen) atoms. The van der Waals surface area contributed by atoms with Gasteiger partial charge in [-0.3, -0.25) is 14.6 Å². The van der Waals surface area contributed by atoms with Crippen molar-refractivity contribution in [1.82, 2.24) is 4.98 Å². The van der Waals surface area contributed by atoms with Crippen LogP contribution in [0.5, 0.6) is 0 Å². The second kappa shape index (κ2) is 20.3. The smallest absolute Gasteiger partial charge is 0.190 e. The zero-order valence-corrected chi connectivity index (χ0v) is 31.7. The van der Waals surface area contributed by atoms with E-state index in [0.717, 1.165) is 9.64 Å². The molecule has 4 rings (SSSR count). The van der Waals surface area contributed by atoms with Gasteiger partial charge in [0.25, 0.3) is 0 Å². The number of carbonyl (C=O) groups is 2. The first-order valence-electron chi connectivity index (χ1n) is 14.5. The van der Waals surface area contributed by atoms with Crippen molar-refractivity contribution in [3.05, 3.63) is 107 Å². The second-order valence-corrected chi connectivity index (χ2v) is 13.7. The van der Waals surface area contributed by atoms with Gasteiger partial charge in [-0.2, -0.15) is 0 Å². The highest BCUT2D eigenvalue weighted by Crippen LogP contribution is 2.33. The minimum atomic E-state index is -1.36. The highest BCUT2D eigenvalue weighted by atomic mass is 127. The highest BCUT2D eigenvalue weighted by molar-refractivity contribution is 14.1. The van der Waals surface area contributed by atoms with Crippen molar-refractivity contribution in [2.24, 2.45) is 0 Å². The van der Waals surface area contributed by atoms with Gasteiger partial charge in [-0.25, -0.2) is 17.6 Å². The Labute approximate surface area is 319 Å². The van der Waals surface area contributed by atoms with Gasteiger partial charge in [0.2, 0.25) is 0 Å². The Morgan fingerprint density at radius 2 is 1.40 bits per heavy atom. The Bertz CT molecular complexity index is 1810. The number of rotatable bonds is 15. The Hall–Kier alpha value is -2.79. The molecule has 2 atom stereocenters. The van der Waals surface area contributed by atoms with E-state index in [4.69, 9.17) is 14.9 Å². The largest absolute Gasteiger partial charge is 0.394 e. The normalized spacial score (nSPS) is 12.1. The van der Waals surface area contributed by atoms with Gasteiger partial charge in [-0.15, -0.1) is 0 Å². The number of ether oxygens (including phenoxy) is 1. The molecule has 0 saturated heterocycles. The molecule has 6 N–H and O–H groups in total. The number of nitrogens with zero attached hydrogens (tertiary/aromatic N) is 1. The van der Waals surface area contributed by atoms with E-state index < -0.39 is 60.2 Å². The van der Waals surface area contributed by atoms with E-state index in [1.54, 1.807) is 24.3 Å². The van der Waals surface area contributed by atoms with Gasteiger partial charge in [0, 0.05) is 30.9 Å². The maximum absolute atomic E-state index is 14.4. The van der Waals surface area contributed by atoms with E-state index >= 15 is 0 Å². The van der Waals surface area contributed by atoms with Crippen LogP contribution in [0.2, 0.25) is 0 Å². The van der Waals surface area contributed by atoms with E-state index in [1.165, 1.54) is 30.6 Å². The van der Waals surface area contributed by atoms with Crippen molar-refractivity contribution in [3.63, 3.8) is 0 Å². The summed E-state index contributed by atoms with van der Waals surface area (Å²) in [5, 5.41) is 41.4. The molecule has 0 amide bonds. The molecule has 0 radical (unpaired) electrons. The maximum Gasteiger partial charge on any atom is 0.190 e. The molecular formula is C33H30BrF4I2N3O7. The van der Waals surface area contributed by atoms with Crippen LogP contribution in [0.15, 0.2) is 65.4 Å². The van der Waals surface area contributed by atoms with Gasteiger partial charge in [0.05, 0.1) is 59.3 Å². The summed E-state index contributed by atoms with van der Waals surface area (Å²) in [6.07, 6.45) is 1.07. The third-order valence-corrected chi connectivity index (χ3v) is 8.56. The lowest BCUT2D eigenvalue weighted by Gasteiger charge is -2.15. The molecule has 0 spiro atoms. The van der Waals surface area contributed by atoms with Gasteiger partial charge in [-0.1, -0.05) is 0 Å². The van der Waals surface area contributed by atoms with Crippen LogP contribution in [0, 0.1) is 30.4 Å². The number of Topliss-reactive ketones (excluding diaryl/α,β-unsaturated/α-hetero) is 2. The summed E-state index contributed by atoms with van der Waals surface area (Å²) in [7, 11) is 0. The van der Waals surface area contributed by atoms with Crippen molar-refractivity contribution in [3.8, 4) is 0 Å². The Balaban J connectivity index is 0.000000274. The first-order valence-corrected chi connectivity index (χ1v) is 17.5. The van der Waals surface area contributed by atoms with Gasteiger partial charge in [-0.05, 0) is 116 Å². The van der Waals surface area contributed by atoms with Gasteiger partial charge >= 0.3 is 0 Å². The van der Waals surface area contributed by atoms with Crippen molar-refractivity contribution in [2.45, 2.75) is 25.0 Å². The number of aromatic nitrogens is 1. The average molecular weight is 990 g/mol. The van der Waals surface area contributed by atoms with E-state index in [1.807, 2.05) is 45.2 Å². The van der Waals surface area contributed by atoms with Crippen molar-refractivity contribution in [1.29, 1.82) is 0 Å². The van der Waals surface area contributed by atoms with Crippen molar-refractivity contribution in [2.75, 3.05) is 37.1 Å². The summed E-state index contributed by atoms with van der Waals surface area (Å²) in [4.78, 5) is 28.6. The number of aliphatic hydroxyl groups excluding tert-OH is 4. The quantitative estimate of drug-likeness (QED) is 0.0330. The monoisotopic (exact) mass is 989 g/mol. The Kier molecular flexibility index (Phi) is 16.9. The predicted molar refractivity (Wildman–Crippen MR) is 198 cm³/mol. The molecule has 0 aliphatic rings. The predicted octanol–water partition coefficient (Wildman–Crippen LogP) is 6.65. The SMILES string of the molecule is O=C(CC[C@H](O)CO)c1ccncc1Nc1ccc(I)cc1F.O=C(COCC(O)CO)c1cc(Br)c(F)c(F)c1Nc1ccc(I)cc1F. The first-order chi connectivity index (χ1) is 23.7. The number of pyridine rings is 1. The summed E-state index contributed by atoms with van der Waals surface area (Å²) in [6, 6.07) is 11.4. The Morgan fingerprint density at radius 1 is 0.800 bits per heavy atom. The molecule has 1 unspecified atom stereocenters. The molecule has 1 aromatic heterocycles. The van der Waals surface area contributed by atoms with Crippen LogP contribution >= 0.6 is 61.1 Å². The summed E-state index contributed by atoms with van der Waals surface area (Å²) in [5.74, 6) is -4.67. The fourth-order valence-electron chi connectivity index (χ4n) is 4.08. The second-order valence-electron chi connectivity index (χ2n) is 10.4. The third kappa shape index (κ3) is 12.2. The maximum atomic E-state index is 14.4. The van der Waals surface area contributed by atoms with Crippen LogP contribution in [0.1, 0.15) is 33.6 Å². The number of nitrogens with one attached hydrogen (secondary N) is 2. The molecule has 268 valence electrons. The molecule has 17 heteroatoms. The molecule has 4 aromatic rings. The van der Waals surface area contributed by atoms with Crippen LogP contribution in [0.25, 0.3) is 0 Å². The molecule has 3 aromatic carbocycles. The molecule has 1 heterocycles. The van der Waals surface area contributed by atoms with Crippen LogP contribution in [-0.2, 0) is 4.74 Å². The molecule has 0 bridgehead atoms. The minimum Gasteiger partial charge on any atom is -0.394 e. The highest BCUT2D eigenvalue weighted by Gasteiger charge is 2.23. The number of carbonyl (C=O) groups excluding carboxylic acids is 2.